The van der Waals surface area contributed by atoms with Crippen molar-refractivity contribution in [1.29, 1.82) is 0 Å². The standard InChI is InChI=1S/C36H74O3S/c1-4-6-8-10-12-14-16-18-20-22-24-26-28-30-32-34-36(39-40(3,37)38)35-33-31-29-27-25-23-21-19-17-15-13-11-9-7-5-2/h36H,4-35H2,1-3H3. The first kappa shape index (κ1) is 39.9. The minimum absolute atomic E-state index is 0.112. The molecule has 0 amide bonds. The van der Waals surface area contributed by atoms with Crippen molar-refractivity contribution in [1.82, 2.24) is 0 Å². The highest BCUT2D eigenvalue weighted by molar-refractivity contribution is 7.86. The highest BCUT2D eigenvalue weighted by Crippen LogP contribution is 2.19. The van der Waals surface area contributed by atoms with E-state index in [1.807, 2.05) is 0 Å². The van der Waals surface area contributed by atoms with E-state index < -0.39 is 10.1 Å². The summed E-state index contributed by atoms with van der Waals surface area (Å²) in [6.45, 7) is 4.57. The van der Waals surface area contributed by atoms with Gasteiger partial charge in [-0.3, -0.25) is 4.18 Å². The molecular formula is C36H74O3S. The van der Waals surface area contributed by atoms with Gasteiger partial charge in [-0.25, -0.2) is 0 Å². The first-order valence-corrected chi connectivity index (χ1v) is 20.2. The Morgan fingerprint density at radius 2 is 0.575 bits per heavy atom. The lowest BCUT2D eigenvalue weighted by molar-refractivity contribution is 0.182. The third-order valence-corrected chi connectivity index (χ3v) is 9.19. The van der Waals surface area contributed by atoms with Crippen LogP contribution in [0.5, 0.6) is 0 Å². The van der Waals surface area contributed by atoms with Crippen molar-refractivity contribution in [2.75, 3.05) is 6.26 Å². The molecule has 40 heavy (non-hydrogen) atoms. The second-order valence-electron chi connectivity index (χ2n) is 12.9. The first-order valence-electron chi connectivity index (χ1n) is 18.4. The summed E-state index contributed by atoms with van der Waals surface area (Å²) in [5.41, 5.74) is 0. The molecule has 0 aromatic rings. The van der Waals surface area contributed by atoms with Gasteiger partial charge in [0.15, 0.2) is 0 Å². The molecule has 4 heteroatoms. The second kappa shape index (κ2) is 31.8. The molecule has 242 valence electrons. The lowest BCUT2D eigenvalue weighted by atomic mass is 10.0. The highest BCUT2D eigenvalue weighted by atomic mass is 32.2. The SMILES string of the molecule is CCCCCCCCCCCCCCCCCC(CCCCCCCCCCCCCCCCC)OS(C)(=O)=O. The zero-order valence-electron chi connectivity index (χ0n) is 27.8. The highest BCUT2D eigenvalue weighted by Gasteiger charge is 2.15. The van der Waals surface area contributed by atoms with Crippen LogP contribution in [0.15, 0.2) is 0 Å². The van der Waals surface area contributed by atoms with E-state index in [2.05, 4.69) is 13.8 Å². The van der Waals surface area contributed by atoms with Crippen LogP contribution in [0.1, 0.15) is 219 Å². The molecule has 0 aromatic heterocycles. The van der Waals surface area contributed by atoms with Crippen molar-refractivity contribution in [2.45, 2.75) is 225 Å². The van der Waals surface area contributed by atoms with Gasteiger partial charge in [0.05, 0.1) is 12.4 Å². The molecule has 0 radical (unpaired) electrons. The van der Waals surface area contributed by atoms with E-state index in [-0.39, 0.29) is 6.10 Å². The van der Waals surface area contributed by atoms with Crippen LogP contribution in [-0.2, 0) is 14.3 Å². The molecule has 0 bridgehead atoms. The third-order valence-electron chi connectivity index (χ3n) is 8.57. The van der Waals surface area contributed by atoms with Crippen LogP contribution in [0.3, 0.4) is 0 Å². The van der Waals surface area contributed by atoms with Gasteiger partial charge in [-0.1, -0.05) is 206 Å². The van der Waals surface area contributed by atoms with Crippen LogP contribution < -0.4 is 0 Å². The van der Waals surface area contributed by atoms with Crippen LogP contribution in [0.4, 0.5) is 0 Å². The average molecular weight is 587 g/mol. The van der Waals surface area contributed by atoms with Gasteiger partial charge in [0.25, 0.3) is 10.1 Å². The van der Waals surface area contributed by atoms with E-state index in [0.717, 1.165) is 25.7 Å². The van der Waals surface area contributed by atoms with E-state index in [1.54, 1.807) is 0 Å². The minimum Gasteiger partial charge on any atom is -0.267 e. The maximum atomic E-state index is 11.7. The zero-order chi connectivity index (χ0) is 29.4. The smallest absolute Gasteiger partial charge is 0.264 e. The van der Waals surface area contributed by atoms with Crippen LogP contribution in [-0.4, -0.2) is 20.8 Å². The predicted octanol–water partition coefficient (Wildman–Crippen LogP) is 12.9. The van der Waals surface area contributed by atoms with Crippen LogP contribution in [0, 0.1) is 0 Å². The first-order chi connectivity index (χ1) is 19.5. The lowest BCUT2D eigenvalue weighted by Crippen LogP contribution is -2.17. The summed E-state index contributed by atoms with van der Waals surface area (Å²) in [6.07, 6.45) is 43.6. The fraction of sp³-hybridized carbons (Fsp3) is 1.00. The number of hydrogen-bond donors (Lipinski definition) is 0. The molecule has 3 nitrogen and oxygen atoms in total. The van der Waals surface area contributed by atoms with E-state index in [9.17, 15) is 8.42 Å². The molecule has 0 saturated carbocycles. The molecule has 0 aliphatic carbocycles. The van der Waals surface area contributed by atoms with Gasteiger partial charge in [-0.15, -0.1) is 0 Å². The number of hydrogen-bond acceptors (Lipinski definition) is 3. The van der Waals surface area contributed by atoms with Gasteiger partial charge in [-0.05, 0) is 12.8 Å². The summed E-state index contributed by atoms with van der Waals surface area (Å²) >= 11 is 0. The fourth-order valence-corrected chi connectivity index (χ4v) is 6.66. The summed E-state index contributed by atoms with van der Waals surface area (Å²) in [5, 5.41) is 0. The summed E-state index contributed by atoms with van der Waals surface area (Å²) < 4.78 is 28.9. The fourth-order valence-electron chi connectivity index (χ4n) is 5.97. The summed E-state index contributed by atoms with van der Waals surface area (Å²) in [4.78, 5) is 0. The molecule has 0 unspecified atom stereocenters. The molecule has 0 saturated heterocycles. The number of rotatable bonds is 34. The Bertz CT molecular complexity index is 541. The molecule has 0 rings (SSSR count). The van der Waals surface area contributed by atoms with E-state index in [0.29, 0.717) is 0 Å². The molecule has 0 aromatic carbocycles. The second-order valence-corrected chi connectivity index (χ2v) is 14.5. The van der Waals surface area contributed by atoms with Gasteiger partial charge in [0.2, 0.25) is 0 Å². The van der Waals surface area contributed by atoms with Crippen LogP contribution >= 0.6 is 0 Å². The van der Waals surface area contributed by atoms with Gasteiger partial charge in [-0.2, -0.15) is 8.42 Å². The van der Waals surface area contributed by atoms with Crippen molar-refractivity contribution in [2.24, 2.45) is 0 Å². The van der Waals surface area contributed by atoms with Crippen LogP contribution in [0.2, 0.25) is 0 Å². The van der Waals surface area contributed by atoms with Crippen molar-refractivity contribution in [3.63, 3.8) is 0 Å². The zero-order valence-corrected chi connectivity index (χ0v) is 28.7. The number of unbranched alkanes of at least 4 members (excludes halogenated alkanes) is 28. The Morgan fingerprint density at radius 1 is 0.375 bits per heavy atom. The van der Waals surface area contributed by atoms with E-state index >= 15 is 0 Å². The van der Waals surface area contributed by atoms with Crippen molar-refractivity contribution < 1.29 is 12.6 Å². The van der Waals surface area contributed by atoms with Gasteiger partial charge in [0.1, 0.15) is 0 Å². The molecule has 0 spiro atoms. The Hall–Kier alpha value is -0.0900. The van der Waals surface area contributed by atoms with Gasteiger partial charge < -0.3 is 0 Å². The topological polar surface area (TPSA) is 43.4 Å². The Labute approximate surface area is 253 Å². The largest absolute Gasteiger partial charge is 0.267 e. The van der Waals surface area contributed by atoms with Crippen LogP contribution in [0.25, 0.3) is 0 Å². The monoisotopic (exact) mass is 587 g/mol. The summed E-state index contributed by atoms with van der Waals surface area (Å²) in [6, 6.07) is 0. The molecule has 0 aliphatic rings. The van der Waals surface area contributed by atoms with E-state index in [4.69, 9.17) is 4.18 Å². The summed E-state index contributed by atoms with van der Waals surface area (Å²) in [7, 11) is -3.36. The minimum atomic E-state index is -3.36. The van der Waals surface area contributed by atoms with Crippen molar-refractivity contribution in [3.8, 4) is 0 Å². The Morgan fingerprint density at radius 3 is 0.775 bits per heavy atom. The van der Waals surface area contributed by atoms with Crippen molar-refractivity contribution in [3.05, 3.63) is 0 Å². The normalized spacial score (nSPS) is 12.1. The molecule has 0 aliphatic heterocycles. The van der Waals surface area contributed by atoms with E-state index in [1.165, 1.54) is 186 Å². The molecule has 0 fully saturated rings. The Balaban J connectivity index is 3.60. The Kier molecular flexibility index (Phi) is 31.8. The molecular weight excluding hydrogens is 512 g/mol. The van der Waals surface area contributed by atoms with Gasteiger partial charge >= 0.3 is 0 Å². The third kappa shape index (κ3) is 34.1. The predicted molar refractivity (Wildman–Crippen MR) is 179 cm³/mol. The maximum Gasteiger partial charge on any atom is 0.264 e. The van der Waals surface area contributed by atoms with Gasteiger partial charge in [0, 0.05) is 0 Å². The molecule has 0 heterocycles. The lowest BCUT2D eigenvalue weighted by Gasteiger charge is -2.16. The van der Waals surface area contributed by atoms with Crippen molar-refractivity contribution >= 4 is 10.1 Å². The molecule has 0 N–H and O–H groups in total. The molecule has 0 atom stereocenters. The summed E-state index contributed by atoms with van der Waals surface area (Å²) in [5.74, 6) is 0. The average Bonchev–Trinajstić information content (AvgIpc) is 2.92. The quantitative estimate of drug-likeness (QED) is 0.0556. The maximum absolute atomic E-state index is 11.7.